The third-order valence-electron chi connectivity index (χ3n) is 4.84. The summed E-state index contributed by atoms with van der Waals surface area (Å²) in [6.45, 7) is 12.9. The van der Waals surface area contributed by atoms with Crippen molar-refractivity contribution in [2.24, 2.45) is 5.41 Å². The van der Waals surface area contributed by atoms with Crippen LogP contribution in [0.25, 0.3) is 28.2 Å². The van der Waals surface area contributed by atoms with Crippen LogP contribution in [-0.4, -0.2) is 24.5 Å². The maximum atomic E-state index is 13.3. The van der Waals surface area contributed by atoms with E-state index in [1.54, 1.807) is 12.1 Å². The van der Waals surface area contributed by atoms with Crippen molar-refractivity contribution in [3.05, 3.63) is 60.1 Å². The van der Waals surface area contributed by atoms with Crippen LogP contribution in [0.5, 0.6) is 0 Å². The fourth-order valence-electron chi connectivity index (χ4n) is 3.50. The van der Waals surface area contributed by atoms with E-state index in [-0.39, 0.29) is 16.6 Å². The van der Waals surface area contributed by atoms with Crippen molar-refractivity contribution < 1.29 is 4.39 Å². The van der Waals surface area contributed by atoms with Gasteiger partial charge in [0.1, 0.15) is 23.3 Å². The lowest BCUT2D eigenvalue weighted by molar-refractivity contribution is 0.402. The summed E-state index contributed by atoms with van der Waals surface area (Å²) >= 11 is 0. The number of aromatic nitrogens is 5. The molecule has 0 radical (unpaired) electrons. The summed E-state index contributed by atoms with van der Waals surface area (Å²) in [5.41, 5.74) is 3.23. The van der Waals surface area contributed by atoms with Crippen LogP contribution < -0.4 is 0 Å². The molecule has 4 aromatic rings. The molecule has 0 aliphatic rings. The Bertz CT molecular complexity index is 1190. The number of nitrogens with zero attached hydrogens (tertiary/aromatic N) is 4. The van der Waals surface area contributed by atoms with E-state index in [1.807, 2.05) is 22.9 Å². The van der Waals surface area contributed by atoms with Gasteiger partial charge < -0.3 is 4.98 Å². The number of imidazole rings is 2. The third-order valence-corrected chi connectivity index (χ3v) is 4.84. The second kappa shape index (κ2) is 7.04. The van der Waals surface area contributed by atoms with Gasteiger partial charge in [-0.15, -0.1) is 0 Å². The molecule has 0 amide bonds. The second-order valence-corrected chi connectivity index (χ2v) is 10.0. The molecule has 3 aromatic heterocycles. The van der Waals surface area contributed by atoms with E-state index in [0.29, 0.717) is 5.65 Å². The number of fused-ring (bicyclic) bond motifs is 1. The molecule has 0 aliphatic carbocycles. The first-order valence-electron chi connectivity index (χ1n) is 10.2. The van der Waals surface area contributed by atoms with E-state index >= 15 is 0 Å². The second-order valence-electron chi connectivity index (χ2n) is 10.0. The lowest BCUT2D eigenvalue weighted by atomic mass is 9.92. The van der Waals surface area contributed by atoms with E-state index < -0.39 is 0 Å². The Hall–Kier alpha value is -3.02. The smallest absolute Gasteiger partial charge is 0.179 e. The number of nitrogens with one attached hydrogen (secondary N) is 1. The van der Waals surface area contributed by atoms with Crippen molar-refractivity contribution in [3.63, 3.8) is 0 Å². The van der Waals surface area contributed by atoms with Gasteiger partial charge >= 0.3 is 0 Å². The largest absolute Gasteiger partial charge is 0.341 e. The van der Waals surface area contributed by atoms with E-state index in [9.17, 15) is 4.39 Å². The van der Waals surface area contributed by atoms with Crippen molar-refractivity contribution >= 4 is 11.2 Å². The van der Waals surface area contributed by atoms with Gasteiger partial charge in [0.15, 0.2) is 5.65 Å². The minimum absolute atomic E-state index is 0.143. The van der Waals surface area contributed by atoms with Crippen LogP contribution in [0.15, 0.2) is 42.6 Å². The van der Waals surface area contributed by atoms with Gasteiger partial charge in [0, 0.05) is 23.6 Å². The van der Waals surface area contributed by atoms with Crippen LogP contribution in [0.2, 0.25) is 0 Å². The third kappa shape index (κ3) is 4.13. The van der Waals surface area contributed by atoms with Crippen LogP contribution in [0, 0.1) is 11.2 Å². The molecule has 0 spiro atoms. The summed E-state index contributed by atoms with van der Waals surface area (Å²) < 4.78 is 15.4. The topological polar surface area (TPSA) is 59.4 Å². The molecule has 0 atom stereocenters. The molecule has 6 heteroatoms. The zero-order valence-electron chi connectivity index (χ0n) is 18.4. The molecular weight excluding hydrogens is 377 g/mol. The maximum absolute atomic E-state index is 13.3. The van der Waals surface area contributed by atoms with Gasteiger partial charge in [-0.2, -0.15) is 0 Å². The van der Waals surface area contributed by atoms with Gasteiger partial charge in [0.05, 0.1) is 11.2 Å². The number of pyridine rings is 1. The van der Waals surface area contributed by atoms with Gasteiger partial charge in [-0.25, -0.2) is 19.3 Å². The Balaban J connectivity index is 1.80. The van der Waals surface area contributed by atoms with E-state index in [2.05, 4.69) is 46.5 Å². The number of rotatable bonds is 3. The van der Waals surface area contributed by atoms with Crippen molar-refractivity contribution in [1.82, 2.24) is 24.5 Å². The highest BCUT2D eigenvalue weighted by Gasteiger charge is 2.24. The minimum atomic E-state index is -0.258. The van der Waals surface area contributed by atoms with Gasteiger partial charge in [0.2, 0.25) is 0 Å². The van der Waals surface area contributed by atoms with Gasteiger partial charge in [-0.1, -0.05) is 41.5 Å². The SMILES string of the molecule is CC(C)(C)Cc1nc2nc(-n3cc(-c4ccc(F)cc4)nc3C(C)(C)C)ccc2[nH]1. The van der Waals surface area contributed by atoms with E-state index in [4.69, 9.17) is 15.0 Å². The molecule has 0 aliphatic heterocycles. The van der Waals surface area contributed by atoms with Gasteiger partial charge in [-0.05, 0) is 41.8 Å². The molecule has 5 nitrogen and oxygen atoms in total. The molecule has 1 aromatic carbocycles. The summed E-state index contributed by atoms with van der Waals surface area (Å²) in [7, 11) is 0. The number of hydrogen-bond acceptors (Lipinski definition) is 3. The molecule has 0 unspecified atom stereocenters. The summed E-state index contributed by atoms with van der Waals surface area (Å²) in [6.07, 6.45) is 2.82. The van der Waals surface area contributed by atoms with Crippen LogP contribution in [-0.2, 0) is 11.8 Å². The molecule has 0 bridgehead atoms. The molecule has 0 saturated carbocycles. The average Bonchev–Trinajstić information content (AvgIpc) is 3.23. The quantitative estimate of drug-likeness (QED) is 0.466. The highest BCUT2D eigenvalue weighted by atomic mass is 19.1. The fourth-order valence-corrected chi connectivity index (χ4v) is 3.50. The number of hydrogen-bond donors (Lipinski definition) is 1. The zero-order chi connectivity index (χ0) is 21.7. The zero-order valence-corrected chi connectivity index (χ0v) is 18.4. The monoisotopic (exact) mass is 405 g/mol. The molecule has 0 saturated heterocycles. The number of halogens is 1. The number of benzene rings is 1. The molecular formula is C24H28FN5. The summed E-state index contributed by atoms with van der Waals surface area (Å²) in [5.74, 6) is 2.34. The highest BCUT2D eigenvalue weighted by molar-refractivity contribution is 5.72. The summed E-state index contributed by atoms with van der Waals surface area (Å²) in [4.78, 5) is 17.8. The first-order valence-corrected chi connectivity index (χ1v) is 10.2. The lowest BCUT2D eigenvalue weighted by Gasteiger charge is -2.19. The minimum Gasteiger partial charge on any atom is -0.341 e. The van der Waals surface area contributed by atoms with Crippen molar-refractivity contribution in [1.29, 1.82) is 0 Å². The van der Waals surface area contributed by atoms with Crippen LogP contribution in [0.3, 0.4) is 0 Å². The van der Waals surface area contributed by atoms with Crippen LogP contribution >= 0.6 is 0 Å². The van der Waals surface area contributed by atoms with Gasteiger partial charge in [-0.3, -0.25) is 4.57 Å². The summed E-state index contributed by atoms with van der Waals surface area (Å²) in [6, 6.07) is 10.4. The van der Waals surface area contributed by atoms with Crippen LogP contribution in [0.1, 0.15) is 53.2 Å². The molecule has 156 valence electrons. The number of aromatic amines is 1. The first kappa shape index (κ1) is 20.3. The van der Waals surface area contributed by atoms with Crippen molar-refractivity contribution in [3.8, 4) is 17.1 Å². The Morgan fingerprint density at radius 2 is 1.60 bits per heavy atom. The molecule has 0 fully saturated rings. The first-order chi connectivity index (χ1) is 14.0. The van der Waals surface area contributed by atoms with Crippen molar-refractivity contribution in [2.75, 3.05) is 0 Å². The maximum Gasteiger partial charge on any atom is 0.179 e. The van der Waals surface area contributed by atoms with Crippen molar-refractivity contribution in [2.45, 2.75) is 53.4 Å². The lowest BCUT2D eigenvalue weighted by Crippen LogP contribution is -2.18. The molecule has 1 N–H and O–H groups in total. The fraction of sp³-hybridized carbons (Fsp3) is 0.375. The predicted molar refractivity (Wildman–Crippen MR) is 118 cm³/mol. The highest BCUT2D eigenvalue weighted by Crippen LogP contribution is 2.29. The van der Waals surface area contributed by atoms with E-state index in [0.717, 1.165) is 40.7 Å². The summed E-state index contributed by atoms with van der Waals surface area (Å²) in [5, 5.41) is 0. The normalized spacial score (nSPS) is 12.6. The average molecular weight is 406 g/mol. The Labute approximate surface area is 176 Å². The molecule has 3 heterocycles. The Kier molecular flexibility index (Phi) is 4.76. The standard InChI is InChI=1S/C24H28FN5/c1-23(2,3)13-19-26-17-11-12-20(29-21(17)28-19)30-14-18(27-22(30)24(4,5)6)15-7-9-16(25)10-8-15/h7-12,14H,13H2,1-6H3,(H,26,28,29). The van der Waals surface area contributed by atoms with E-state index in [1.165, 1.54) is 12.1 Å². The van der Waals surface area contributed by atoms with Gasteiger partial charge in [0.25, 0.3) is 0 Å². The molecule has 30 heavy (non-hydrogen) atoms. The molecule has 4 rings (SSSR count). The number of H-pyrrole nitrogens is 1. The van der Waals surface area contributed by atoms with Crippen LogP contribution in [0.4, 0.5) is 4.39 Å². The Morgan fingerprint density at radius 3 is 2.23 bits per heavy atom. The predicted octanol–water partition coefficient (Wildman–Crippen LogP) is 5.84. The Morgan fingerprint density at radius 1 is 0.900 bits per heavy atom.